The van der Waals surface area contributed by atoms with Crippen molar-refractivity contribution in [3.05, 3.63) is 76.4 Å². The lowest BCUT2D eigenvalue weighted by atomic mass is 9.77. The van der Waals surface area contributed by atoms with Crippen LogP contribution in [0.15, 0.2) is 54.1 Å². The van der Waals surface area contributed by atoms with Gasteiger partial charge in [0.15, 0.2) is 0 Å². The van der Waals surface area contributed by atoms with Crippen LogP contribution < -0.4 is 0 Å². The SMILES string of the molecule is FCCCN1CC(Cc2ccc(C3=C(C4CC5CCC4C5)CCCc4ccccc43)cc2)C1. The summed E-state index contributed by atoms with van der Waals surface area (Å²) in [5.41, 5.74) is 9.29. The van der Waals surface area contributed by atoms with Crippen LogP contribution in [-0.2, 0) is 12.8 Å². The molecule has 0 spiro atoms. The second-order valence-corrected chi connectivity index (χ2v) is 11.3. The topological polar surface area (TPSA) is 3.24 Å². The van der Waals surface area contributed by atoms with Crippen molar-refractivity contribution in [1.29, 1.82) is 0 Å². The van der Waals surface area contributed by atoms with Crippen LogP contribution in [0.4, 0.5) is 4.39 Å². The second kappa shape index (κ2) is 9.37. The molecule has 2 bridgehead atoms. The molecular weight excluding hydrogens is 405 g/mol. The fourth-order valence-electron chi connectivity index (χ4n) is 7.55. The van der Waals surface area contributed by atoms with Gasteiger partial charge in [0.2, 0.25) is 0 Å². The third kappa shape index (κ3) is 4.32. The van der Waals surface area contributed by atoms with Crippen LogP contribution in [-0.4, -0.2) is 31.2 Å². The zero-order chi connectivity index (χ0) is 22.2. The summed E-state index contributed by atoms with van der Waals surface area (Å²) < 4.78 is 12.4. The van der Waals surface area contributed by atoms with Gasteiger partial charge < -0.3 is 4.90 Å². The van der Waals surface area contributed by atoms with E-state index < -0.39 is 0 Å². The van der Waals surface area contributed by atoms with Crippen LogP contribution in [0.25, 0.3) is 5.57 Å². The zero-order valence-corrected chi connectivity index (χ0v) is 19.9. The molecule has 2 aromatic carbocycles. The number of hydrogen-bond donors (Lipinski definition) is 0. The number of fused-ring (bicyclic) bond motifs is 3. The maximum absolute atomic E-state index is 12.4. The van der Waals surface area contributed by atoms with Crippen molar-refractivity contribution >= 4 is 5.57 Å². The summed E-state index contributed by atoms with van der Waals surface area (Å²) in [6.45, 7) is 3.00. The Kier molecular flexibility index (Phi) is 6.13. The number of rotatable bonds is 7. The monoisotopic (exact) mass is 443 g/mol. The smallest absolute Gasteiger partial charge is 0.0906 e. The lowest BCUT2D eigenvalue weighted by Crippen LogP contribution is -2.47. The fraction of sp³-hybridized carbons (Fsp3) is 0.548. The zero-order valence-electron chi connectivity index (χ0n) is 19.9. The molecule has 3 atom stereocenters. The van der Waals surface area contributed by atoms with Crippen LogP contribution in [0, 0.1) is 23.7 Å². The third-order valence-electron chi connectivity index (χ3n) is 9.09. The highest BCUT2D eigenvalue weighted by Gasteiger charge is 2.42. The largest absolute Gasteiger partial charge is 0.303 e. The maximum Gasteiger partial charge on any atom is 0.0906 e. The van der Waals surface area contributed by atoms with Gasteiger partial charge in [0, 0.05) is 19.6 Å². The first-order chi connectivity index (χ1) is 16.3. The van der Waals surface area contributed by atoms with E-state index in [-0.39, 0.29) is 6.67 Å². The minimum Gasteiger partial charge on any atom is -0.303 e. The Hall–Kier alpha value is -1.93. The first kappa shape index (κ1) is 21.6. The van der Waals surface area contributed by atoms with E-state index in [0.717, 1.165) is 49.7 Å². The van der Waals surface area contributed by atoms with Crippen LogP contribution >= 0.6 is 0 Å². The molecule has 6 rings (SSSR count). The van der Waals surface area contributed by atoms with Crippen molar-refractivity contribution in [1.82, 2.24) is 4.90 Å². The first-order valence-electron chi connectivity index (χ1n) is 13.5. The maximum atomic E-state index is 12.4. The summed E-state index contributed by atoms with van der Waals surface area (Å²) in [5.74, 6) is 3.47. The highest BCUT2D eigenvalue weighted by molar-refractivity contribution is 5.84. The highest BCUT2D eigenvalue weighted by atomic mass is 19.1. The Labute approximate surface area is 199 Å². The van der Waals surface area contributed by atoms with E-state index in [1.54, 1.807) is 11.1 Å². The van der Waals surface area contributed by atoms with E-state index in [1.165, 1.54) is 67.2 Å². The molecule has 0 radical (unpaired) electrons. The molecule has 2 saturated carbocycles. The number of halogens is 1. The van der Waals surface area contributed by atoms with Gasteiger partial charge in [-0.1, -0.05) is 60.5 Å². The molecule has 1 heterocycles. The van der Waals surface area contributed by atoms with Crippen molar-refractivity contribution in [3.8, 4) is 0 Å². The lowest BCUT2D eigenvalue weighted by molar-refractivity contribution is 0.0968. The highest BCUT2D eigenvalue weighted by Crippen LogP contribution is 2.54. The molecule has 2 aromatic rings. The van der Waals surface area contributed by atoms with E-state index in [1.807, 2.05) is 0 Å². The van der Waals surface area contributed by atoms with Crippen LogP contribution in [0.2, 0.25) is 0 Å². The summed E-state index contributed by atoms with van der Waals surface area (Å²) >= 11 is 0. The Morgan fingerprint density at radius 3 is 2.52 bits per heavy atom. The minimum atomic E-state index is -0.189. The molecule has 174 valence electrons. The number of nitrogens with zero attached hydrogens (tertiary/aromatic N) is 1. The standard InChI is InChI=1S/C31H38FN/c32-15-4-16-33-20-24(21-33)17-22-9-12-26(13-10-22)31-28-7-2-1-5-25(28)6-3-8-29(31)30-19-23-11-14-27(30)18-23/h1-2,5,7,9-10,12-13,23-24,27,30H,3-4,6,8,11,14-21H2. The molecule has 3 unspecified atom stereocenters. The summed E-state index contributed by atoms with van der Waals surface area (Å²) in [5, 5.41) is 0. The molecule has 1 nitrogen and oxygen atoms in total. The van der Waals surface area contributed by atoms with Gasteiger partial charge in [-0.15, -0.1) is 0 Å². The van der Waals surface area contributed by atoms with Gasteiger partial charge in [-0.05, 0) is 103 Å². The molecular formula is C31H38FN. The number of aryl methyl sites for hydroxylation is 1. The Bertz CT molecular complexity index is 1000. The van der Waals surface area contributed by atoms with Gasteiger partial charge in [0.05, 0.1) is 6.67 Å². The molecule has 3 fully saturated rings. The third-order valence-corrected chi connectivity index (χ3v) is 9.09. The number of allylic oxidation sites excluding steroid dienone is 1. The molecule has 0 aromatic heterocycles. The first-order valence-corrected chi connectivity index (χ1v) is 13.5. The normalized spacial score (nSPS) is 27.5. The predicted octanol–water partition coefficient (Wildman–Crippen LogP) is 7.09. The van der Waals surface area contributed by atoms with E-state index in [0.29, 0.717) is 6.42 Å². The molecule has 0 N–H and O–H groups in total. The van der Waals surface area contributed by atoms with Crippen molar-refractivity contribution in [2.75, 3.05) is 26.3 Å². The van der Waals surface area contributed by atoms with Crippen LogP contribution in [0.1, 0.15) is 67.2 Å². The predicted molar refractivity (Wildman–Crippen MR) is 135 cm³/mol. The molecule has 2 heteroatoms. The number of hydrogen-bond acceptors (Lipinski definition) is 1. The number of benzene rings is 2. The summed E-state index contributed by atoms with van der Waals surface area (Å²) in [6.07, 6.45) is 11.5. The number of alkyl halides is 1. The molecule has 4 aliphatic rings. The Balaban J connectivity index is 1.27. The van der Waals surface area contributed by atoms with Crippen LogP contribution in [0.3, 0.4) is 0 Å². The van der Waals surface area contributed by atoms with E-state index >= 15 is 0 Å². The summed E-state index contributed by atoms with van der Waals surface area (Å²) in [7, 11) is 0. The van der Waals surface area contributed by atoms with Crippen molar-refractivity contribution in [3.63, 3.8) is 0 Å². The minimum absolute atomic E-state index is 0.189. The van der Waals surface area contributed by atoms with Gasteiger partial charge in [0.1, 0.15) is 0 Å². The lowest BCUT2D eigenvalue weighted by Gasteiger charge is -2.39. The van der Waals surface area contributed by atoms with Crippen molar-refractivity contribution in [2.45, 2.75) is 57.8 Å². The quantitative estimate of drug-likeness (QED) is 0.441. The van der Waals surface area contributed by atoms with Gasteiger partial charge in [-0.2, -0.15) is 0 Å². The van der Waals surface area contributed by atoms with E-state index in [2.05, 4.69) is 53.4 Å². The van der Waals surface area contributed by atoms with Crippen LogP contribution in [0.5, 0.6) is 0 Å². The molecule has 1 aliphatic heterocycles. The molecule has 1 saturated heterocycles. The Morgan fingerprint density at radius 2 is 1.76 bits per heavy atom. The molecule has 3 aliphatic carbocycles. The van der Waals surface area contributed by atoms with E-state index in [4.69, 9.17) is 0 Å². The van der Waals surface area contributed by atoms with Gasteiger partial charge in [-0.25, -0.2) is 0 Å². The average molecular weight is 444 g/mol. The molecule has 0 amide bonds. The second-order valence-electron chi connectivity index (χ2n) is 11.3. The average Bonchev–Trinajstić information content (AvgIpc) is 3.40. The summed E-state index contributed by atoms with van der Waals surface area (Å²) in [4.78, 5) is 2.40. The van der Waals surface area contributed by atoms with Crippen molar-refractivity contribution in [2.24, 2.45) is 23.7 Å². The van der Waals surface area contributed by atoms with Gasteiger partial charge in [-0.3, -0.25) is 4.39 Å². The molecule has 33 heavy (non-hydrogen) atoms. The fourth-order valence-corrected chi connectivity index (χ4v) is 7.55. The number of likely N-dealkylation sites (tertiary alicyclic amines) is 1. The van der Waals surface area contributed by atoms with E-state index in [9.17, 15) is 4.39 Å². The van der Waals surface area contributed by atoms with Gasteiger partial charge >= 0.3 is 0 Å². The van der Waals surface area contributed by atoms with Gasteiger partial charge in [0.25, 0.3) is 0 Å². The summed E-state index contributed by atoms with van der Waals surface area (Å²) in [6, 6.07) is 18.8. The van der Waals surface area contributed by atoms with Crippen molar-refractivity contribution < 1.29 is 4.39 Å². The Morgan fingerprint density at radius 1 is 0.909 bits per heavy atom.